The van der Waals surface area contributed by atoms with E-state index in [1.54, 1.807) is 23.6 Å². The molecule has 0 spiro atoms. The summed E-state index contributed by atoms with van der Waals surface area (Å²) in [5, 5.41) is 10.8. The lowest BCUT2D eigenvalue weighted by atomic mass is 10.1. The van der Waals surface area contributed by atoms with Crippen LogP contribution < -0.4 is 16.2 Å². The van der Waals surface area contributed by atoms with Crippen molar-refractivity contribution in [1.82, 2.24) is 9.55 Å². The van der Waals surface area contributed by atoms with E-state index in [1.807, 2.05) is 19.9 Å². The molecule has 1 atom stereocenters. The molecule has 1 aliphatic rings. The number of aryl methyl sites for hydroxylation is 2. The number of carbonyl (C=O) groups excluding carboxylic acids is 1. The summed E-state index contributed by atoms with van der Waals surface area (Å²) in [6, 6.07) is 5.22. The second-order valence-electron chi connectivity index (χ2n) is 7.76. The quantitative estimate of drug-likeness (QED) is 0.594. The normalized spacial score (nSPS) is 16.3. The number of anilines is 1. The highest BCUT2D eigenvalue weighted by molar-refractivity contribution is 6.11. The van der Waals surface area contributed by atoms with Crippen molar-refractivity contribution >= 4 is 22.8 Å². The number of benzene rings is 1. The molecule has 8 nitrogen and oxygen atoms in total. The molecule has 0 saturated carbocycles. The van der Waals surface area contributed by atoms with Crippen LogP contribution in [0.1, 0.15) is 39.9 Å². The number of primary amides is 1. The zero-order chi connectivity index (χ0) is 21.6. The number of hydrogen-bond acceptors (Lipinski definition) is 6. The third kappa shape index (κ3) is 3.23. The van der Waals surface area contributed by atoms with Crippen molar-refractivity contribution in [1.29, 1.82) is 0 Å². The van der Waals surface area contributed by atoms with E-state index >= 15 is 0 Å². The summed E-state index contributed by atoms with van der Waals surface area (Å²) in [7, 11) is 0. The SMILES string of the molecule is Cc1cc2c(C(N)=O)c(N)n(-c3c(C)ccc(O)c3C)c2nc1OC[C@H]1CCCO1. The van der Waals surface area contributed by atoms with Crippen LogP contribution in [0.2, 0.25) is 0 Å². The van der Waals surface area contributed by atoms with Gasteiger partial charge in [0.1, 0.15) is 18.2 Å². The van der Waals surface area contributed by atoms with E-state index in [1.165, 1.54) is 0 Å². The number of nitrogens with zero attached hydrogens (tertiary/aromatic N) is 2. The van der Waals surface area contributed by atoms with E-state index in [-0.39, 0.29) is 23.2 Å². The molecule has 5 N–H and O–H groups in total. The minimum Gasteiger partial charge on any atom is -0.508 e. The van der Waals surface area contributed by atoms with Crippen LogP contribution in [0.15, 0.2) is 18.2 Å². The van der Waals surface area contributed by atoms with Crippen molar-refractivity contribution in [3.8, 4) is 17.3 Å². The van der Waals surface area contributed by atoms with E-state index < -0.39 is 5.91 Å². The van der Waals surface area contributed by atoms with Crippen LogP contribution in [-0.2, 0) is 4.74 Å². The van der Waals surface area contributed by atoms with E-state index in [4.69, 9.17) is 25.9 Å². The Morgan fingerprint density at radius 1 is 1.33 bits per heavy atom. The van der Waals surface area contributed by atoms with E-state index in [2.05, 4.69) is 0 Å². The first kappa shape index (κ1) is 20.0. The molecule has 0 bridgehead atoms. The standard InChI is InChI=1S/C22H26N4O4/c1-11-6-7-16(27)13(3)18(11)26-19(23)17(20(24)28)15-9-12(2)22(25-21(15)26)30-10-14-5-4-8-29-14/h6-7,9,14,27H,4-5,8,10,23H2,1-3H3,(H2,24,28)/t14-/m1/s1. The molecule has 1 aliphatic heterocycles. The summed E-state index contributed by atoms with van der Waals surface area (Å²) in [5.74, 6) is 0.112. The van der Waals surface area contributed by atoms with Gasteiger partial charge in [0.05, 0.1) is 17.4 Å². The minimum atomic E-state index is -0.638. The second-order valence-corrected chi connectivity index (χ2v) is 7.76. The van der Waals surface area contributed by atoms with Gasteiger partial charge in [0.25, 0.3) is 5.91 Å². The van der Waals surface area contributed by atoms with Gasteiger partial charge in [-0.1, -0.05) is 6.07 Å². The molecule has 1 saturated heterocycles. The van der Waals surface area contributed by atoms with Crippen LogP contribution in [0, 0.1) is 20.8 Å². The van der Waals surface area contributed by atoms with E-state index in [0.717, 1.165) is 30.6 Å². The third-order valence-corrected chi connectivity index (χ3v) is 5.63. The smallest absolute Gasteiger partial charge is 0.253 e. The monoisotopic (exact) mass is 410 g/mol. The fourth-order valence-electron chi connectivity index (χ4n) is 4.05. The molecule has 30 heavy (non-hydrogen) atoms. The van der Waals surface area contributed by atoms with E-state index in [9.17, 15) is 9.90 Å². The van der Waals surface area contributed by atoms with Crippen molar-refractivity contribution in [3.63, 3.8) is 0 Å². The third-order valence-electron chi connectivity index (χ3n) is 5.63. The molecule has 158 valence electrons. The lowest BCUT2D eigenvalue weighted by molar-refractivity contribution is 0.0662. The number of ether oxygens (including phenoxy) is 2. The van der Waals surface area contributed by atoms with Crippen molar-refractivity contribution in [2.75, 3.05) is 18.9 Å². The number of amides is 1. The van der Waals surface area contributed by atoms with Crippen LogP contribution in [0.5, 0.6) is 11.6 Å². The lowest BCUT2D eigenvalue weighted by Crippen LogP contribution is -2.17. The zero-order valence-electron chi connectivity index (χ0n) is 17.4. The fourth-order valence-corrected chi connectivity index (χ4v) is 4.05. The predicted octanol–water partition coefficient (Wildman–Crippen LogP) is 2.90. The Morgan fingerprint density at radius 3 is 2.77 bits per heavy atom. The number of carbonyl (C=O) groups is 1. The summed E-state index contributed by atoms with van der Waals surface area (Å²) in [5.41, 5.74) is 15.6. The molecule has 0 aliphatic carbocycles. The van der Waals surface area contributed by atoms with Crippen molar-refractivity contribution in [2.45, 2.75) is 39.7 Å². The molecule has 0 unspecified atom stereocenters. The summed E-state index contributed by atoms with van der Waals surface area (Å²) in [6.07, 6.45) is 2.03. The Morgan fingerprint density at radius 2 is 2.10 bits per heavy atom. The maximum absolute atomic E-state index is 12.2. The first-order valence-corrected chi connectivity index (χ1v) is 9.94. The number of phenols is 1. The van der Waals surface area contributed by atoms with Gasteiger partial charge in [-0.3, -0.25) is 9.36 Å². The molecule has 1 aromatic carbocycles. The average Bonchev–Trinajstić information content (AvgIpc) is 3.30. The Labute approximate surface area is 174 Å². The van der Waals surface area contributed by atoms with Gasteiger partial charge in [-0.2, -0.15) is 4.98 Å². The summed E-state index contributed by atoms with van der Waals surface area (Å²) < 4.78 is 13.2. The fraction of sp³-hybridized carbons (Fsp3) is 0.364. The highest BCUT2D eigenvalue weighted by Crippen LogP contribution is 2.37. The molecule has 3 heterocycles. The van der Waals surface area contributed by atoms with Gasteiger partial charge in [-0.15, -0.1) is 0 Å². The number of aromatic hydroxyl groups is 1. The number of hydrogen-bond donors (Lipinski definition) is 3. The first-order chi connectivity index (χ1) is 14.3. The van der Waals surface area contributed by atoms with Crippen LogP contribution in [-0.4, -0.2) is 39.9 Å². The number of pyridine rings is 1. The molecule has 4 rings (SSSR count). The van der Waals surface area contributed by atoms with E-state index in [0.29, 0.717) is 34.8 Å². The maximum atomic E-state index is 12.2. The van der Waals surface area contributed by atoms with Gasteiger partial charge in [0.2, 0.25) is 5.88 Å². The second kappa shape index (κ2) is 7.53. The van der Waals surface area contributed by atoms with Crippen molar-refractivity contribution in [2.24, 2.45) is 5.73 Å². The Hall–Kier alpha value is -3.26. The number of nitrogens with two attached hydrogens (primary N) is 2. The molecule has 0 radical (unpaired) electrons. The maximum Gasteiger partial charge on any atom is 0.253 e. The topological polar surface area (TPSA) is 126 Å². The Kier molecular flexibility index (Phi) is 5.03. The lowest BCUT2D eigenvalue weighted by Gasteiger charge is -2.16. The number of fused-ring (bicyclic) bond motifs is 1. The van der Waals surface area contributed by atoms with Crippen LogP contribution >= 0.6 is 0 Å². The summed E-state index contributed by atoms with van der Waals surface area (Å²) in [4.78, 5) is 16.9. The van der Waals surface area contributed by atoms with Gasteiger partial charge in [-0.25, -0.2) is 0 Å². The van der Waals surface area contributed by atoms with Crippen LogP contribution in [0.3, 0.4) is 0 Å². The van der Waals surface area contributed by atoms with Crippen molar-refractivity contribution < 1.29 is 19.4 Å². The molecule has 3 aromatic rings. The van der Waals surface area contributed by atoms with Gasteiger partial charge in [0.15, 0.2) is 5.65 Å². The number of aromatic nitrogens is 2. The van der Waals surface area contributed by atoms with Gasteiger partial charge in [-0.05, 0) is 51.3 Å². The zero-order valence-corrected chi connectivity index (χ0v) is 17.4. The largest absolute Gasteiger partial charge is 0.508 e. The van der Waals surface area contributed by atoms with Gasteiger partial charge < -0.3 is 26.0 Å². The average molecular weight is 410 g/mol. The minimum absolute atomic E-state index is 0.0514. The predicted molar refractivity (Wildman–Crippen MR) is 114 cm³/mol. The molecule has 8 heteroatoms. The number of nitrogen functional groups attached to an aromatic ring is 1. The molecular formula is C22H26N4O4. The van der Waals surface area contributed by atoms with Crippen molar-refractivity contribution in [3.05, 3.63) is 40.5 Å². The molecule has 2 aromatic heterocycles. The van der Waals surface area contributed by atoms with Crippen LogP contribution in [0.4, 0.5) is 5.82 Å². The van der Waals surface area contributed by atoms with Gasteiger partial charge in [0, 0.05) is 23.1 Å². The van der Waals surface area contributed by atoms with Gasteiger partial charge >= 0.3 is 0 Å². The molecule has 1 amide bonds. The Balaban J connectivity index is 1.93. The number of rotatable bonds is 5. The summed E-state index contributed by atoms with van der Waals surface area (Å²) >= 11 is 0. The Bertz CT molecular complexity index is 1150. The summed E-state index contributed by atoms with van der Waals surface area (Å²) in [6.45, 7) is 6.70. The van der Waals surface area contributed by atoms with Crippen LogP contribution in [0.25, 0.3) is 16.7 Å². The molecular weight excluding hydrogens is 384 g/mol. The highest BCUT2D eigenvalue weighted by atomic mass is 16.5. The highest BCUT2D eigenvalue weighted by Gasteiger charge is 2.25. The first-order valence-electron chi connectivity index (χ1n) is 9.94. The molecule has 1 fully saturated rings. The number of phenolic OH excluding ortho intramolecular Hbond substituents is 1.